The minimum Gasteiger partial charge on any atom is -0.466 e. The first kappa shape index (κ1) is 14.9. The molecule has 2 aromatic rings. The average Bonchev–Trinajstić information content (AvgIpc) is 3.08. The van der Waals surface area contributed by atoms with Crippen LogP contribution >= 0.6 is 0 Å². The predicted molar refractivity (Wildman–Crippen MR) is 86.6 cm³/mol. The molecule has 3 atom stereocenters. The zero-order chi connectivity index (χ0) is 15.5. The van der Waals surface area contributed by atoms with Gasteiger partial charge >= 0.3 is 0 Å². The molecule has 1 aromatic heterocycles. The lowest BCUT2D eigenvalue weighted by atomic mass is 10.1. The summed E-state index contributed by atoms with van der Waals surface area (Å²) in [5.41, 5.74) is 1.12. The van der Waals surface area contributed by atoms with Gasteiger partial charge in [0.05, 0.1) is 6.04 Å². The van der Waals surface area contributed by atoms with E-state index in [0.717, 1.165) is 23.0 Å². The Kier molecular flexibility index (Phi) is 4.32. The maximum atomic E-state index is 12.1. The quantitative estimate of drug-likeness (QED) is 0.867. The molecule has 1 N–H and O–H groups in total. The van der Waals surface area contributed by atoms with E-state index < -0.39 is 0 Å². The van der Waals surface area contributed by atoms with Gasteiger partial charge in [-0.15, -0.1) is 0 Å². The molecule has 0 saturated heterocycles. The summed E-state index contributed by atoms with van der Waals surface area (Å²) in [6.07, 6.45) is 2.35. The van der Waals surface area contributed by atoms with E-state index in [1.807, 2.05) is 43.3 Å². The van der Waals surface area contributed by atoms with Gasteiger partial charge in [-0.25, -0.2) is 0 Å². The summed E-state index contributed by atoms with van der Waals surface area (Å²) in [7, 11) is 0. The van der Waals surface area contributed by atoms with E-state index in [1.165, 1.54) is 6.42 Å². The molecule has 1 saturated carbocycles. The lowest BCUT2D eigenvalue weighted by Crippen LogP contribution is -2.26. The number of hydrogen-bond acceptors (Lipinski definition) is 2. The highest BCUT2D eigenvalue weighted by atomic mass is 16.3. The van der Waals surface area contributed by atoms with Crippen LogP contribution in [0.2, 0.25) is 0 Å². The minimum absolute atomic E-state index is 0.0353. The van der Waals surface area contributed by atoms with E-state index in [9.17, 15) is 4.79 Å². The van der Waals surface area contributed by atoms with E-state index >= 15 is 0 Å². The van der Waals surface area contributed by atoms with E-state index in [0.29, 0.717) is 18.8 Å². The van der Waals surface area contributed by atoms with Crippen LogP contribution in [0.25, 0.3) is 0 Å². The summed E-state index contributed by atoms with van der Waals surface area (Å²) >= 11 is 0. The maximum Gasteiger partial charge on any atom is 0.220 e. The molecule has 0 aliphatic heterocycles. The Morgan fingerprint density at radius 1 is 1.27 bits per heavy atom. The van der Waals surface area contributed by atoms with Gasteiger partial charge in [0.1, 0.15) is 11.5 Å². The van der Waals surface area contributed by atoms with Crippen LogP contribution in [0, 0.1) is 5.92 Å². The van der Waals surface area contributed by atoms with Gasteiger partial charge in [-0.05, 0) is 37.0 Å². The van der Waals surface area contributed by atoms with Gasteiger partial charge in [0.15, 0.2) is 0 Å². The number of benzene rings is 1. The molecule has 22 heavy (non-hydrogen) atoms. The van der Waals surface area contributed by atoms with Crippen LogP contribution in [0.3, 0.4) is 0 Å². The molecule has 0 unspecified atom stereocenters. The zero-order valence-corrected chi connectivity index (χ0v) is 13.2. The van der Waals surface area contributed by atoms with Crippen LogP contribution in [-0.2, 0) is 11.2 Å². The van der Waals surface area contributed by atoms with Crippen LogP contribution in [0.15, 0.2) is 46.9 Å². The highest BCUT2D eigenvalue weighted by molar-refractivity contribution is 5.76. The molecule has 3 rings (SSSR count). The van der Waals surface area contributed by atoms with Crippen molar-refractivity contribution >= 4 is 5.91 Å². The molecule has 1 fully saturated rings. The van der Waals surface area contributed by atoms with Gasteiger partial charge in [-0.3, -0.25) is 4.79 Å². The number of amides is 1. The van der Waals surface area contributed by atoms with E-state index in [1.54, 1.807) is 0 Å². The van der Waals surface area contributed by atoms with Gasteiger partial charge in [-0.2, -0.15) is 0 Å². The molecular formula is C19H23NO2. The van der Waals surface area contributed by atoms with Crippen molar-refractivity contribution in [1.29, 1.82) is 0 Å². The third-order valence-corrected chi connectivity index (χ3v) is 4.43. The van der Waals surface area contributed by atoms with Gasteiger partial charge in [0.2, 0.25) is 5.91 Å². The highest BCUT2D eigenvalue weighted by Crippen LogP contribution is 2.47. The summed E-state index contributed by atoms with van der Waals surface area (Å²) < 4.78 is 5.84. The van der Waals surface area contributed by atoms with Crippen molar-refractivity contribution in [3.8, 4) is 0 Å². The zero-order valence-electron chi connectivity index (χ0n) is 13.2. The maximum absolute atomic E-state index is 12.1. The fourth-order valence-corrected chi connectivity index (χ4v) is 2.82. The monoisotopic (exact) mass is 297 g/mol. The SMILES string of the molecule is C[C@H](NC(=O)CCc1ccc([C@H]2C[C@@H]2C)o1)c1ccccc1. The van der Waals surface area contributed by atoms with Gasteiger partial charge in [-0.1, -0.05) is 37.3 Å². The summed E-state index contributed by atoms with van der Waals surface area (Å²) in [4.78, 5) is 12.1. The molecule has 3 heteroatoms. The first-order valence-corrected chi connectivity index (χ1v) is 8.06. The number of aryl methyl sites for hydroxylation is 1. The van der Waals surface area contributed by atoms with Crippen LogP contribution in [0.1, 0.15) is 55.7 Å². The summed E-state index contributed by atoms with van der Waals surface area (Å²) in [5.74, 6) is 3.40. The van der Waals surface area contributed by atoms with Crippen molar-refractivity contribution in [2.24, 2.45) is 5.92 Å². The minimum atomic E-state index is 0.0353. The second-order valence-corrected chi connectivity index (χ2v) is 6.32. The molecule has 0 bridgehead atoms. The topological polar surface area (TPSA) is 42.2 Å². The van der Waals surface area contributed by atoms with Crippen LogP contribution < -0.4 is 5.32 Å². The van der Waals surface area contributed by atoms with Crippen LogP contribution in [-0.4, -0.2) is 5.91 Å². The Morgan fingerprint density at radius 3 is 2.68 bits per heavy atom. The number of nitrogens with one attached hydrogen (secondary N) is 1. The highest BCUT2D eigenvalue weighted by Gasteiger charge is 2.36. The second kappa shape index (κ2) is 6.39. The summed E-state index contributed by atoms with van der Waals surface area (Å²) in [6.45, 7) is 4.25. The van der Waals surface area contributed by atoms with Crippen molar-refractivity contribution < 1.29 is 9.21 Å². The van der Waals surface area contributed by atoms with Crippen molar-refractivity contribution in [3.63, 3.8) is 0 Å². The molecular weight excluding hydrogens is 274 g/mol. The lowest BCUT2D eigenvalue weighted by Gasteiger charge is -2.13. The normalized spacial score (nSPS) is 21.4. The molecule has 0 spiro atoms. The van der Waals surface area contributed by atoms with Crippen molar-refractivity contribution in [2.45, 2.75) is 45.1 Å². The van der Waals surface area contributed by atoms with Crippen molar-refractivity contribution in [1.82, 2.24) is 5.32 Å². The Balaban J connectivity index is 1.47. The third kappa shape index (κ3) is 3.59. The Morgan fingerprint density at radius 2 is 2.00 bits per heavy atom. The van der Waals surface area contributed by atoms with Crippen molar-refractivity contribution in [3.05, 3.63) is 59.5 Å². The Labute approximate surface area is 131 Å². The third-order valence-electron chi connectivity index (χ3n) is 4.43. The second-order valence-electron chi connectivity index (χ2n) is 6.32. The van der Waals surface area contributed by atoms with Gasteiger partial charge in [0.25, 0.3) is 0 Å². The largest absolute Gasteiger partial charge is 0.466 e. The van der Waals surface area contributed by atoms with Crippen molar-refractivity contribution in [2.75, 3.05) is 0 Å². The Bertz CT molecular complexity index is 632. The number of hydrogen-bond donors (Lipinski definition) is 1. The lowest BCUT2D eigenvalue weighted by molar-refractivity contribution is -0.121. The Hall–Kier alpha value is -2.03. The average molecular weight is 297 g/mol. The molecule has 1 amide bonds. The fourth-order valence-electron chi connectivity index (χ4n) is 2.82. The smallest absolute Gasteiger partial charge is 0.220 e. The van der Waals surface area contributed by atoms with Crippen LogP contribution in [0.4, 0.5) is 0 Å². The van der Waals surface area contributed by atoms with Gasteiger partial charge < -0.3 is 9.73 Å². The van der Waals surface area contributed by atoms with E-state index in [2.05, 4.69) is 18.3 Å². The molecule has 1 aliphatic carbocycles. The standard InChI is InChI=1S/C19H23NO2/c1-13-12-17(13)18-10-8-16(22-18)9-11-19(21)20-14(2)15-6-4-3-5-7-15/h3-8,10,13-14,17H,9,11-12H2,1-2H3,(H,20,21)/t13-,14-,17-/m0/s1. The first-order chi connectivity index (χ1) is 10.6. The number of carbonyl (C=O) groups is 1. The number of carbonyl (C=O) groups excluding carboxylic acids is 1. The van der Waals surface area contributed by atoms with E-state index in [-0.39, 0.29) is 11.9 Å². The molecule has 3 nitrogen and oxygen atoms in total. The van der Waals surface area contributed by atoms with E-state index in [4.69, 9.17) is 4.42 Å². The molecule has 1 aliphatic rings. The molecule has 116 valence electrons. The fraction of sp³-hybridized carbons (Fsp3) is 0.421. The first-order valence-electron chi connectivity index (χ1n) is 8.06. The number of rotatable bonds is 6. The summed E-state index contributed by atoms with van der Waals surface area (Å²) in [6, 6.07) is 14.1. The number of furan rings is 1. The molecule has 0 radical (unpaired) electrons. The predicted octanol–water partition coefficient (Wildman–Crippen LogP) is 4.21. The summed E-state index contributed by atoms with van der Waals surface area (Å²) in [5, 5.41) is 3.03. The molecule has 1 heterocycles. The van der Waals surface area contributed by atoms with Gasteiger partial charge in [0, 0.05) is 18.8 Å². The van der Waals surface area contributed by atoms with Crippen LogP contribution in [0.5, 0.6) is 0 Å². The molecule has 1 aromatic carbocycles.